The predicted molar refractivity (Wildman–Crippen MR) is 83.5 cm³/mol. The lowest BCUT2D eigenvalue weighted by Crippen LogP contribution is -2.36. The van der Waals surface area contributed by atoms with Crippen LogP contribution >= 0.6 is 0 Å². The molecule has 1 N–H and O–H groups in total. The van der Waals surface area contributed by atoms with Crippen LogP contribution in [-0.4, -0.2) is 37.1 Å². The third-order valence-corrected chi connectivity index (χ3v) is 5.26. The molecule has 0 amide bonds. The van der Waals surface area contributed by atoms with Gasteiger partial charge >= 0.3 is 0 Å². The summed E-state index contributed by atoms with van der Waals surface area (Å²) in [5.41, 5.74) is 0.498. The molecular formula is C17H34N2. The van der Waals surface area contributed by atoms with E-state index in [-0.39, 0.29) is 0 Å². The summed E-state index contributed by atoms with van der Waals surface area (Å²) < 4.78 is 0. The van der Waals surface area contributed by atoms with Gasteiger partial charge < -0.3 is 10.2 Å². The van der Waals surface area contributed by atoms with Gasteiger partial charge in [-0.25, -0.2) is 0 Å². The molecule has 1 saturated carbocycles. The lowest BCUT2D eigenvalue weighted by Gasteiger charge is -2.29. The Balaban J connectivity index is 1.65. The number of rotatable bonds is 4. The SMILES string of the molecule is CC(C)(C)C1CCCN(CCNC2CCCC2)CC1. The molecule has 0 radical (unpaired) electrons. The van der Waals surface area contributed by atoms with Crippen LogP contribution in [0.4, 0.5) is 0 Å². The fourth-order valence-corrected chi connectivity index (χ4v) is 3.80. The second-order valence-corrected chi connectivity index (χ2v) is 7.77. The van der Waals surface area contributed by atoms with E-state index >= 15 is 0 Å². The minimum absolute atomic E-state index is 0.498. The van der Waals surface area contributed by atoms with Crippen LogP contribution in [-0.2, 0) is 0 Å². The minimum atomic E-state index is 0.498. The van der Waals surface area contributed by atoms with Crippen LogP contribution in [0.1, 0.15) is 65.7 Å². The smallest absolute Gasteiger partial charge is 0.0107 e. The van der Waals surface area contributed by atoms with E-state index in [0.717, 1.165) is 12.0 Å². The monoisotopic (exact) mass is 266 g/mol. The first-order chi connectivity index (χ1) is 9.05. The first-order valence-electron chi connectivity index (χ1n) is 8.51. The Kier molecular flexibility index (Phi) is 5.70. The number of likely N-dealkylation sites (tertiary alicyclic amines) is 1. The van der Waals surface area contributed by atoms with Gasteiger partial charge in [-0.1, -0.05) is 33.6 Å². The van der Waals surface area contributed by atoms with E-state index in [9.17, 15) is 0 Å². The summed E-state index contributed by atoms with van der Waals surface area (Å²) in [4.78, 5) is 2.69. The van der Waals surface area contributed by atoms with Crippen LogP contribution in [0, 0.1) is 11.3 Å². The van der Waals surface area contributed by atoms with Gasteiger partial charge in [0.2, 0.25) is 0 Å². The number of hydrogen-bond acceptors (Lipinski definition) is 2. The third-order valence-electron chi connectivity index (χ3n) is 5.26. The fourth-order valence-electron chi connectivity index (χ4n) is 3.80. The van der Waals surface area contributed by atoms with Crippen molar-refractivity contribution in [2.45, 2.75) is 71.8 Å². The molecule has 0 aromatic heterocycles. The predicted octanol–water partition coefficient (Wildman–Crippen LogP) is 3.67. The Morgan fingerprint density at radius 1 is 0.947 bits per heavy atom. The largest absolute Gasteiger partial charge is 0.313 e. The maximum absolute atomic E-state index is 3.75. The van der Waals surface area contributed by atoms with Gasteiger partial charge in [0.1, 0.15) is 0 Å². The van der Waals surface area contributed by atoms with Crippen molar-refractivity contribution >= 4 is 0 Å². The summed E-state index contributed by atoms with van der Waals surface area (Å²) in [7, 11) is 0. The van der Waals surface area contributed by atoms with Gasteiger partial charge in [0, 0.05) is 19.1 Å². The highest BCUT2D eigenvalue weighted by Crippen LogP contribution is 2.34. The molecule has 2 heteroatoms. The van der Waals surface area contributed by atoms with Crippen LogP contribution in [0.15, 0.2) is 0 Å². The maximum atomic E-state index is 3.75. The zero-order chi connectivity index (χ0) is 13.7. The molecule has 2 rings (SSSR count). The summed E-state index contributed by atoms with van der Waals surface area (Å²) >= 11 is 0. The van der Waals surface area contributed by atoms with E-state index in [0.29, 0.717) is 5.41 Å². The lowest BCUT2D eigenvalue weighted by molar-refractivity contribution is 0.208. The van der Waals surface area contributed by atoms with Crippen LogP contribution in [0.3, 0.4) is 0 Å². The highest BCUT2D eigenvalue weighted by atomic mass is 15.1. The van der Waals surface area contributed by atoms with E-state index in [1.54, 1.807) is 0 Å². The van der Waals surface area contributed by atoms with Crippen molar-refractivity contribution in [3.63, 3.8) is 0 Å². The maximum Gasteiger partial charge on any atom is 0.0107 e. The Labute approximate surface area is 120 Å². The second kappa shape index (κ2) is 7.08. The van der Waals surface area contributed by atoms with Gasteiger partial charge in [-0.15, -0.1) is 0 Å². The second-order valence-electron chi connectivity index (χ2n) is 7.77. The topological polar surface area (TPSA) is 15.3 Å². The Morgan fingerprint density at radius 3 is 2.37 bits per heavy atom. The van der Waals surface area contributed by atoms with Crippen LogP contribution in [0.2, 0.25) is 0 Å². The van der Waals surface area contributed by atoms with E-state index in [1.807, 2.05) is 0 Å². The molecule has 0 aromatic carbocycles. The van der Waals surface area contributed by atoms with Crippen LogP contribution in [0.25, 0.3) is 0 Å². The van der Waals surface area contributed by atoms with E-state index < -0.39 is 0 Å². The zero-order valence-electron chi connectivity index (χ0n) is 13.4. The molecule has 1 unspecified atom stereocenters. The molecule has 1 atom stereocenters. The average molecular weight is 266 g/mol. The van der Waals surface area contributed by atoms with E-state index in [2.05, 4.69) is 31.0 Å². The van der Waals surface area contributed by atoms with Crippen molar-refractivity contribution in [1.29, 1.82) is 0 Å². The molecule has 1 aliphatic heterocycles. The molecule has 1 heterocycles. The third kappa shape index (κ3) is 5.07. The first-order valence-corrected chi connectivity index (χ1v) is 8.51. The molecule has 0 spiro atoms. The molecule has 112 valence electrons. The van der Waals surface area contributed by atoms with Crippen LogP contribution < -0.4 is 5.32 Å². The molecular weight excluding hydrogens is 232 g/mol. The van der Waals surface area contributed by atoms with Crippen LogP contribution in [0.5, 0.6) is 0 Å². The fraction of sp³-hybridized carbons (Fsp3) is 1.00. The van der Waals surface area contributed by atoms with Gasteiger partial charge in [0.25, 0.3) is 0 Å². The van der Waals surface area contributed by atoms with Crippen molar-refractivity contribution in [2.24, 2.45) is 11.3 Å². The molecule has 2 aliphatic rings. The van der Waals surface area contributed by atoms with E-state index in [1.165, 1.54) is 71.1 Å². The van der Waals surface area contributed by atoms with Crippen molar-refractivity contribution in [3.8, 4) is 0 Å². The van der Waals surface area contributed by atoms with Crippen molar-refractivity contribution in [2.75, 3.05) is 26.2 Å². The Hall–Kier alpha value is -0.0800. The summed E-state index contributed by atoms with van der Waals surface area (Å²) in [5, 5.41) is 3.75. The minimum Gasteiger partial charge on any atom is -0.313 e. The Bertz CT molecular complexity index is 250. The van der Waals surface area contributed by atoms with Gasteiger partial charge in [-0.05, 0) is 56.5 Å². The molecule has 19 heavy (non-hydrogen) atoms. The van der Waals surface area contributed by atoms with Crippen molar-refractivity contribution in [3.05, 3.63) is 0 Å². The molecule has 0 bridgehead atoms. The van der Waals surface area contributed by atoms with Gasteiger partial charge in [-0.3, -0.25) is 0 Å². The molecule has 2 nitrogen and oxygen atoms in total. The average Bonchev–Trinajstić information content (AvgIpc) is 2.72. The molecule has 2 fully saturated rings. The number of nitrogens with one attached hydrogen (secondary N) is 1. The standard InChI is InChI=1S/C17H34N2/c1-17(2,3)15-7-6-12-19(13-10-15)14-11-18-16-8-4-5-9-16/h15-16,18H,4-14H2,1-3H3. The van der Waals surface area contributed by atoms with Gasteiger partial charge in [0.05, 0.1) is 0 Å². The molecule has 0 aromatic rings. The quantitative estimate of drug-likeness (QED) is 0.835. The summed E-state index contributed by atoms with van der Waals surface area (Å²) in [6, 6.07) is 0.828. The highest BCUT2D eigenvalue weighted by Gasteiger charge is 2.26. The summed E-state index contributed by atoms with van der Waals surface area (Å²) in [6.07, 6.45) is 9.91. The van der Waals surface area contributed by atoms with Gasteiger partial charge in [-0.2, -0.15) is 0 Å². The number of nitrogens with zero attached hydrogens (tertiary/aromatic N) is 1. The van der Waals surface area contributed by atoms with E-state index in [4.69, 9.17) is 0 Å². The van der Waals surface area contributed by atoms with Gasteiger partial charge in [0.15, 0.2) is 0 Å². The lowest BCUT2D eigenvalue weighted by atomic mass is 9.77. The highest BCUT2D eigenvalue weighted by molar-refractivity contribution is 4.79. The molecule has 1 aliphatic carbocycles. The van der Waals surface area contributed by atoms with Crippen molar-refractivity contribution in [1.82, 2.24) is 10.2 Å². The van der Waals surface area contributed by atoms with Crippen molar-refractivity contribution < 1.29 is 0 Å². The Morgan fingerprint density at radius 2 is 1.68 bits per heavy atom. The molecule has 1 saturated heterocycles. The normalized spacial score (nSPS) is 27.6. The number of hydrogen-bond donors (Lipinski definition) is 1. The summed E-state index contributed by atoms with van der Waals surface area (Å²) in [5.74, 6) is 0.917. The summed E-state index contributed by atoms with van der Waals surface area (Å²) in [6.45, 7) is 12.3. The zero-order valence-corrected chi connectivity index (χ0v) is 13.4. The first kappa shape index (κ1) is 15.3.